The van der Waals surface area contributed by atoms with Gasteiger partial charge in [0, 0.05) is 12.2 Å². The maximum absolute atomic E-state index is 10.6. The maximum Gasteiger partial charge on any atom is 0.335 e. The zero-order chi connectivity index (χ0) is 11.8. The highest BCUT2D eigenvalue weighted by atomic mass is 16.4. The summed E-state index contributed by atoms with van der Waals surface area (Å²) in [5.41, 5.74) is 1.28. The van der Waals surface area contributed by atoms with E-state index in [4.69, 9.17) is 5.11 Å². The third kappa shape index (κ3) is 4.31. The number of benzene rings is 1. The second-order valence-corrected chi connectivity index (χ2v) is 3.52. The molecule has 1 aromatic rings. The lowest BCUT2D eigenvalue weighted by Gasteiger charge is -2.06. The Morgan fingerprint density at radius 1 is 1.25 bits per heavy atom. The van der Waals surface area contributed by atoms with Gasteiger partial charge in [0.1, 0.15) is 0 Å². The molecule has 0 spiro atoms. The molecular weight excluding hydrogens is 204 g/mol. The van der Waals surface area contributed by atoms with Crippen LogP contribution in [0.5, 0.6) is 0 Å². The SMILES string of the molecule is CCNCCCNc1ccc(C(=O)O)cc1. The minimum atomic E-state index is -0.890. The molecule has 4 nitrogen and oxygen atoms in total. The van der Waals surface area contributed by atoms with Gasteiger partial charge in [0.2, 0.25) is 0 Å². The molecule has 0 amide bonds. The molecular formula is C12H18N2O2. The minimum Gasteiger partial charge on any atom is -0.478 e. The number of rotatable bonds is 7. The molecule has 1 rings (SSSR count). The van der Waals surface area contributed by atoms with Crippen LogP contribution in [0.15, 0.2) is 24.3 Å². The highest BCUT2D eigenvalue weighted by Crippen LogP contribution is 2.09. The number of hydrogen-bond donors (Lipinski definition) is 3. The van der Waals surface area contributed by atoms with Gasteiger partial charge in [-0.1, -0.05) is 6.92 Å². The van der Waals surface area contributed by atoms with Gasteiger partial charge in [-0.2, -0.15) is 0 Å². The van der Waals surface area contributed by atoms with Gasteiger partial charge in [-0.3, -0.25) is 0 Å². The number of hydrogen-bond acceptors (Lipinski definition) is 3. The highest BCUT2D eigenvalue weighted by Gasteiger charge is 2.00. The predicted octanol–water partition coefficient (Wildman–Crippen LogP) is 1.80. The van der Waals surface area contributed by atoms with Crippen molar-refractivity contribution in [1.82, 2.24) is 5.32 Å². The van der Waals surface area contributed by atoms with Crippen LogP contribution in [0.4, 0.5) is 5.69 Å². The summed E-state index contributed by atoms with van der Waals surface area (Å²) in [7, 11) is 0. The van der Waals surface area contributed by atoms with Crippen molar-refractivity contribution in [3.05, 3.63) is 29.8 Å². The van der Waals surface area contributed by atoms with E-state index in [1.54, 1.807) is 24.3 Å². The topological polar surface area (TPSA) is 61.4 Å². The lowest BCUT2D eigenvalue weighted by Crippen LogP contribution is -2.17. The fourth-order valence-electron chi connectivity index (χ4n) is 1.35. The molecule has 1 aromatic carbocycles. The number of nitrogens with one attached hydrogen (secondary N) is 2. The zero-order valence-corrected chi connectivity index (χ0v) is 9.49. The van der Waals surface area contributed by atoms with Gasteiger partial charge in [-0.05, 0) is 43.8 Å². The van der Waals surface area contributed by atoms with Gasteiger partial charge in [0.05, 0.1) is 5.56 Å². The molecule has 0 aliphatic rings. The molecule has 0 aliphatic carbocycles. The average Bonchev–Trinajstić information content (AvgIpc) is 2.29. The Morgan fingerprint density at radius 3 is 2.50 bits per heavy atom. The molecule has 16 heavy (non-hydrogen) atoms. The van der Waals surface area contributed by atoms with Gasteiger partial charge in [-0.25, -0.2) is 4.79 Å². The van der Waals surface area contributed by atoms with Crippen LogP contribution >= 0.6 is 0 Å². The van der Waals surface area contributed by atoms with Crippen molar-refractivity contribution in [2.75, 3.05) is 25.0 Å². The standard InChI is InChI=1S/C12H18N2O2/c1-2-13-8-3-9-14-11-6-4-10(5-7-11)12(15)16/h4-7,13-14H,2-3,8-9H2,1H3,(H,15,16). The van der Waals surface area contributed by atoms with E-state index >= 15 is 0 Å². The fourth-order valence-corrected chi connectivity index (χ4v) is 1.35. The van der Waals surface area contributed by atoms with Crippen molar-refractivity contribution in [1.29, 1.82) is 0 Å². The Hall–Kier alpha value is -1.55. The Kier molecular flexibility index (Phi) is 5.36. The van der Waals surface area contributed by atoms with Gasteiger partial charge in [0.15, 0.2) is 0 Å². The molecule has 0 aromatic heterocycles. The van der Waals surface area contributed by atoms with Crippen molar-refractivity contribution in [2.24, 2.45) is 0 Å². The first-order chi connectivity index (χ1) is 7.74. The molecule has 0 bridgehead atoms. The summed E-state index contributed by atoms with van der Waals surface area (Å²) in [5.74, 6) is -0.890. The van der Waals surface area contributed by atoms with E-state index < -0.39 is 5.97 Å². The first-order valence-corrected chi connectivity index (χ1v) is 5.52. The summed E-state index contributed by atoms with van der Waals surface area (Å²) in [6.45, 7) is 4.96. The monoisotopic (exact) mass is 222 g/mol. The molecule has 3 N–H and O–H groups in total. The Balaban J connectivity index is 2.29. The summed E-state index contributed by atoms with van der Waals surface area (Å²) in [6.07, 6.45) is 1.05. The summed E-state index contributed by atoms with van der Waals surface area (Å²) in [4.78, 5) is 10.6. The molecule has 0 unspecified atom stereocenters. The molecule has 0 aliphatic heterocycles. The Morgan fingerprint density at radius 2 is 1.94 bits per heavy atom. The Bertz CT molecular complexity index is 322. The van der Waals surface area contributed by atoms with Crippen LogP contribution in [0.1, 0.15) is 23.7 Å². The zero-order valence-electron chi connectivity index (χ0n) is 9.49. The third-order valence-electron chi connectivity index (χ3n) is 2.24. The minimum absolute atomic E-state index is 0.318. The molecule has 88 valence electrons. The molecule has 0 atom stereocenters. The molecule has 0 fully saturated rings. The van der Waals surface area contributed by atoms with E-state index in [2.05, 4.69) is 17.6 Å². The van der Waals surface area contributed by atoms with E-state index in [0.29, 0.717) is 5.56 Å². The predicted molar refractivity (Wildman–Crippen MR) is 65.1 cm³/mol. The summed E-state index contributed by atoms with van der Waals surface area (Å²) < 4.78 is 0. The number of anilines is 1. The number of carboxylic acid groups (broad SMARTS) is 1. The first kappa shape index (κ1) is 12.5. The van der Waals surface area contributed by atoms with Crippen molar-refractivity contribution < 1.29 is 9.90 Å². The fraction of sp³-hybridized carbons (Fsp3) is 0.417. The quantitative estimate of drug-likeness (QED) is 0.616. The van der Waals surface area contributed by atoms with Crippen molar-refractivity contribution in [3.8, 4) is 0 Å². The number of aromatic carboxylic acids is 1. The maximum atomic E-state index is 10.6. The van der Waals surface area contributed by atoms with Gasteiger partial charge < -0.3 is 15.7 Å². The van der Waals surface area contributed by atoms with Gasteiger partial charge in [0.25, 0.3) is 0 Å². The third-order valence-corrected chi connectivity index (χ3v) is 2.24. The van der Waals surface area contributed by atoms with Crippen LogP contribution in [-0.4, -0.2) is 30.7 Å². The molecule has 0 radical (unpaired) electrons. The molecule has 0 saturated heterocycles. The van der Waals surface area contributed by atoms with Crippen LogP contribution in [0, 0.1) is 0 Å². The lowest BCUT2D eigenvalue weighted by molar-refractivity contribution is 0.0697. The van der Waals surface area contributed by atoms with Crippen LogP contribution < -0.4 is 10.6 Å². The summed E-state index contributed by atoms with van der Waals surface area (Å²) in [6, 6.07) is 6.79. The summed E-state index contributed by atoms with van der Waals surface area (Å²) in [5, 5.41) is 15.2. The Labute approximate surface area is 95.7 Å². The van der Waals surface area contributed by atoms with E-state index in [0.717, 1.165) is 31.7 Å². The second-order valence-electron chi connectivity index (χ2n) is 3.52. The van der Waals surface area contributed by atoms with Crippen LogP contribution in [0.3, 0.4) is 0 Å². The molecule has 0 heterocycles. The number of carbonyl (C=O) groups is 1. The van der Waals surface area contributed by atoms with E-state index in [-0.39, 0.29) is 0 Å². The van der Waals surface area contributed by atoms with Gasteiger partial charge >= 0.3 is 5.97 Å². The second kappa shape index (κ2) is 6.85. The van der Waals surface area contributed by atoms with E-state index in [1.807, 2.05) is 0 Å². The molecule has 4 heteroatoms. The van der Waals surface area contributed by atoms with Crippen molar-refractivity contribution in [2.45, 2.75) is 13.3 Å². The van der Waals surface area contributed by atoms with Crippen LogP contribution in [0.25, 0.3) is 0 Å². The van der Waals surface area contributed by atoms with Crippen LogP contribution in [0.2, 0.25) is 0 Å². The van der Waals surface area contributed by atoms with E-state index in [9.17, 15) is 4.79 Å². The van der Waals surface area contributed by atoms with Crippen LogP contribution in [-0.2, 0) is 0 Å². The first-order valence-electron chi connectivity index (χ1n) is 5.52. The van der Waals surface area contributed by atoms with Crippen molar-refractivity contribution >= 4 is 11.7 Å². The average molecular weight is 222 g/mol. The van der Waals surface area contributed by atoms with E-state index in [1.165, 1.54) is 0 Å². The normalized spacial score (nSPS) is 10.1. The lowest BCUT2D eigenvalue weighted by atomic mass is 10.2. The number of carboxylic acids is 1. The smallest absolute Gasteiger partial charge is 0.335 e. The largest absolute Gasteiger partial charge is 0.478 e. The molecule has 0 saturated carbocycles. The van der Waals surface area contributed by atoms with Gasteiger partial charge in [-0.15, -0.1) is 0 Å². The van der Waals surface area contributed by atoms with Crippen molar-refractivity contribution in [3.63, 3.8) is 0 Å². The highest BCUT2D eigenvalue weighted by molar-refractivity contribution is 5.87. The summed E-state index contributed by atoms with van der Waals surface area (Å²) >= 11 is 0.